The van der Waals surface area contributed by atoms with Gasteiger partial charge in [0, 0.05) is 25.5 Å². The molecule has 3 aromatic carbocycles. The number of imidazole rings is 1. The number of aliphatic hydroxyl groups is 1. The summed E-state index contributed by atoms with van der Waals surface area (Å²) >= 11 is 0. The van der Waals surface area contributed by atoms with Gasteiger partial charge in [0.15, 0.2) is 0 Å². The lowest BCUT2D eigenvalue weighted by atomic mass is 9.77. The lowest BCUT2D eigenvalue weighted by Crippen LogP contribution is -2.55. The summed E-state index contributed by atoms with van der Waals surface area (Å²) in [5, 5.41) is 18.0. The number of hydrogen-bond acceptors (Lipinski definition) is 8. The fourth-order valence-corrected chi connectivity index (χ4v) is 5.89. The van der Waals surface area contributed by atoms with E-state index in [0.717, 1.165) is 16.7 Å². The highest BCUT2D eigenvalue weighted by atomic mass is 16.6. The van der Waals surface area contributed by atoms with Crippen LogP contribution < -0.4 is 16.0 Å². The number of amides is 3. The smallest absolute Gasteiger partial charge is 0.408 e. The van der Waals surface area contributed by atoms with Gasteiger partial charge in [-0.25, -0.2) is 9.78 Å². The highest BCUT2D eigenvalue weighted by Crippen LogP contribution is 2.40. The van der Waals surface area contributed by atoms with Crippen LogP contribution >= 0.6 is 0 Å². The number of carbonyl (C=O) groups is 4. The third-order valence-electron chi connectivity index (χ3n) is 8.12. The number of aliphatic hydroxyl groups excluding tert-OH is 1. The molecule has 4 aromatic rings. The molecule has 4 N–H and O–H groups in total. The number of benzene rings is 3. The second kappa shape index (κ2) is 17.4. The van der Waals surface area contributed by atoms with Gasteiger partial charge >= 0.3 is 12.1 Å². The molecule has 3 atom stereocenters. The van der Waals surface area contributed by atoms with E-state index in [1.807, 2.05) is 65.4 Å². The monoisotopic (exact) mass is 725 g/mol. The van der Waals surface area contributed by atoms with Crippen molar-refractivity contribution >= 4 is 23.9 Å². The zero-order chi connectivity index (χ0) is 38.8. The van der Waals surface area contributed by atoms with Crippen molar-refractivity contribution in [1.29, 1.82) is 0 Å². The van der Waals surface area contributed by atoms with Gasteiger partial charge in [-0.3, -0.25) is 14.4 Å². The van der Waals surface area contributed by atoms with Crippen molar-refractivity contribution in [2.45, 2.75) is 103 Å². The second-order valence-electron chi connectivity index (χ2n) is 14.9. The molecular weight excluding hydrogens is 674 g/mol. The van der Waals surface area contributed by atoms with Crippen molar-refractivity contribution in [3.05, 3.63) is 126 Å². The molecular formula is C41H51N5O7. The second-order valence-corrected chi connectivity index (χ2v) is 14.9. The van der Waals surface area contributed by atoms with E-state index in [4.69, 9.17) is 14.5 Å². The van der Waals surface area contributed by atoms with Crippen molar-refractivity contribution in [2.75, 3.05) is 0 Å². The minimum atomic E-state index is -1.35. The largest absolute Gasteiger partial charge is 0.460 e. The predicted octanol–water partition coefficient (Wildman–Crippen LogP) is 5.22. The maximum atomic E-state index is 13.7. The zero-order valence-corrected chi connectivity index (χ0v) is 31.5. The Balaban J connectivity index is 1.60. The number of esters is 1. The Morgan fingerprint density at radius 2 is 1.21 bits per heavy atom. The molecule has 0 saturated heterocycles. The molecule has 1 heterocycles. The molecule has 0 unspecified atom stereocenters. The van der Waals surface area contributed by atoms with Crippen LogP contribution in [0.3, 0.4) is 0 Å². The molecule has 282 valence electrons. The minimum absolute atomic E-state index is 0.0423. The number of ether oxygens (including phenoxy) is 2. The van der Waals surface area contributed by atoms with E-state index < -0.39 is 58.9 Å². The highest BCUT2D eigenvalue weighted by Gasteiger charge is 2.39. The van der Waals surface area contributed by atoms with Crippen molar-refractivity contribution in [2.24, 2.45) is 0 Å². The molecule has 0 aliphatic heterocycles. The standard InChI is InChI=1S/C41H51N5O7/c1-28(36(49)45-34(47)23-24-35(48)52-39(2,3)4)43-37(50)33(44-38(51)53-40(5,6)7)25-32-26-46(27-42-32)41(29-17-11-8-12-18-29,30-19-13-9-14-20-30)31-21-15-10-16-22-31/h8-22,26-28,33-34,47H,23-25H2,1-7H3,(H,43,50)(H,44,51)(H,45,49)/t28-,33-,34+/m0/s1. The Morgan fingerprint density at radius 3 is 1.68 bits per heavy atom. The Morgan fingerprint density at radius 1 is 0.717 bits per heavy atom. The lowest BCUT2D eigenvalue weighted by Gasteiger charge is -2.37. The van der Waals surface area contributed by atoms with E-state index in [2.05, 4.69) is 52.3 Å². The third-order valence-corrected chi connectivity index (χ3v) is 8.12. The molecule has 1 aromatic heterocycles. The van der Waals surface area contributed by atoms with Crippen molar-refractivity contribution in [3.63, 3.8) is 0 Å². The summed E-state index contributed by atoms with van der Waals surface area (Å²) in [5.74, 6) is -1.87. The maximum absolute atomic E-state index is 13.7. The molecule has 0 fully saturated rings. The minimum Gasteiger partial charge on any atom is -0.460 e. The van der Waals surface area contributed by atoms with E-state index in [9.17, 15) is 24.3 Å². The van der Waals surface area contributed by atoms with Gasteiger partial charge in [0.25, 0.3) is 0 Å². The van der Waals surface area contributed by atoms with Crippen molar-refractivity contribution in [1.82, 2.24) is 25.5 Å². The normalized spacial score (nSPS) is 13.6. The number of nitrogens with zero attached hydrogens (tertiary/aromatic N) is 2. The van der Waals surface area contributed by atoms with Gasteiger partial charge in [-0.2, -0.15) is 0 Å². The number of alkyl carbamates (subject to hydrolysis) is 1. The molecule has 4 rings (SSSR count). The van der Waals surface area contributed by atoms with Crippen molar-refractivity contribution < 1.29 is 33.8 Å². The van der Waals surface area contributed by atoms with Crippen LogP contribution in [0, 0.1) is 0 Å². The molecule has 3 amide bonds. The topological polar surface area (TPSA) is 161 Å². The van der Waals surface area contributed by atoms with E-state index in [-0.39, 0.29) is 19.3 Å². The summed E-state index contributed by atoms with van der Waals surface area (Å²) in [4.78, 5) is 56.4. The van der Waals surface area contributed by atoms with Crippen LogP contribution in [-0.2, 0) is 35.8 Å². The Labute approximate surface area is 311 Å². The summed E-state index contributed by atoms with van der Waals surface area (Å²) in [7, 11) is 0. The van der Waals surface area contributed by atoms with Gasteiger partial charge in [0.2, 0.25) is 11.8 Å². The molecule has 0 radical (unpaired) electrons. The fourth-order valence-electron chi connectivity index (χ4n) is 5.89. The molecule has 0 bridgehead atoms. The summed E-state index contributed by atoms with van der Waals surface area (Å²) in [5.41, 5.74) is 1.07. The van der Waals surface area contributed by atoms with Crippen molar-refractivity contribution in [3.8, 4) is 0 Å². The Hall–Kier alpha value is -5.49. The Bertz CT molecular complexity index is 1720. The van der Waals surface area contributed by atoms with Crippen LogP contribution in [0.2, 0.25) is 0 Å². The average molecular weight is 726 g/mol. The summed E-state index contributed by atoms with van der Waals surface area (Å²) in [6, 6.07) is 27.8. The van der Waals surface area contributed by atoms with Gasteiger partial charge in [-0.05, 0) is 65.2 Å². The van der Waals surface area contributed by atoms with Crippen LogP contribution in [-0.4, -0.2) is 68.0 Å². The molecule has 0 aliphatic rings. The summed E-state index contributed by atoms with van der Waals surface area (Å²) in [6.45, 7) is 11.8. The zero-order valence-electron chi connectivity index (χ0n) is 31.5. The molecule has 0 saturated carbocycles. The average Bonchev–Trinajstić information content (AvgIpc) is 3.56. The van der Waals surface area contributed by atoms with Crippen LogP contribution in [0.4, 0.5) is 4.79 Å². The molecule has 0 aliphatic carbocycles. The van der Waals surface area contributed by atoms with E-state index in [0.29, 0.717) is 5.69 Å². The maximum Gasteiger partial charge on any atom is 0.408 e. The van der Waals surface area contributed by atoms with E-state index >= 15 is 0 Å². The molecule has 12 nitrogen and oxygen atoms in total. The van der Waals surface area contributed by atoms with Crippen LogP contribution in [0.15, 0.2) is 104 Å². The van der Waals surface area contributed by atoms with Gasteiger partial charge in [-0.15, -0.1) is 0 Å². The molecule has 12 heteroatoms. The first-order valence-corrected chi connectivity index (χ1v) is 17.7. The van der Waals surface area contributed by atoms with E-state index in [1.54, 1.807) is 47.9 Å². The summed E-state index contributed by atoms with van der Waals surface area (Å²) < 4.78 is 12.7. The fraction of sp³-hybridized carbons (Fsp3) is 0.390. The highest BCUT2D eigenvalue weighted by molar-refractivity contribution is 5.91. The van der Waals surface area contributed by atoms with Crippen LogP contribution in [0.1, 0.15) is 83.7 Å². The number of rotatable bonds is 14. The quantitative estimate of drug-likeness (QED) is 0.0782. The first-order valence-electron chi connectivity index (χ1n) is 17.7. The molecule has 53 heavy (non-hydrogen) atoms. The number of carbonyl (C=O) groups excluding carboxylic acids is 4. The summed E-state index contributed by atoms with van der Waals surface area (Å²) in [6.07, 6.45) is 1.14. The number of aromatic nitrogens is 2. The SMILES string of the molecule is C[C@H](NC(=O)[C@H](Cc1cn(C(c2ccccc2)(c2ccccc2)c2ccccc2)cn1)NC(=O)OC(C)(C)C)C(=O)N[C@H](O)CCC(=O)OC(C)(C)C. The number of nitrogens with one attached hydrogen (secondary N) is 3. The first-order chi connectivity index (χ1) is 25.0. The first kappa shape index (κ1) is 40.3. The number of hydrogen-bond donors (Lipinski definition) is 4. The third kappa shape index (κ3) is 11.2. The predicted molar refractivity (Wildman–Crippen MR) is 201 cm³/mol. The lowest BCUT2D eigenvalue weighted by molar-refractivity contribution is -0.155. The van der Waals surface area contributed by atoms with Gasteiger partial charge < -0.3 is 35.1 Å². The van der Waals surface area contributed by atoms with Gasteiger partial charge in [-0.1, -0.05) is 91.0 Å². The van der Waals surface area contributed by atoms with Gasteiger partial charge in [0.1, 0.15) is 35.1 Å². The van der Waals surface area contributed by atoms with Crippen LogP contribution in [0.5, 0.6) is 0 Å². The molecule has 0 spiro atoms. The van der Waals surface area contributed by atoms with Crippen LogP contribution in [0.25, 0.3) is 0 Å². The van der Waals surface area contributed by atoms with Gasteiger partial charge in [0.05, 0.1) is 12.0 Å². The Kier molecular flexibility index (Phi) is 13.2. The van der Waals surface area contributed by atoms with E-state index in [1.165, 1.54) is 6.92 Å².